The summed E-state index contributed by atoms with van der Waals surface area (Å²) in [5.74, 6) is -0.0656. The second-order valence-corrected chi connectivity index (χ2v) is 4.70. The molecule has 2 aromatic rings. The van der Waals surface area contributed by atoms with Crippen molar-refractivity contribution in [2.24, 2.45) is 0 Å². The number of halogens is 4. The van der Waals surface area contributed by atoms with Crippen molar-refractivity contribution in [3.8, 4) is 17.6 Å². The van der Waals surface area contributed by atoms with Crippen molar-refractivity contribution < 1.29 is 17.9 Å². The molecule has 6 heteroatoms. The summed E-state index contributed by atoms with van der Waals surface area (Å²) < 4.78 is 44.2. The van der Waals surface area contributed by atoms with Gasteiger partial charge in [0.1, 0.15) is 17.6 Å². The van der Waals surface area contributed by atoms with Crippen LogP contribution < -0.4 is 4.74 Å². The van der Waals surface area contributed by atoms with Crippen LogP contribution in [0.2, 0.25) is 0 Å². The number of rotatable bonds is 2. The van der Waals surface area contributed by atoms with E-state index >= 15 is 0 Å². The van der Waals surface area contributed by atoms with Gasteiger partial charge in [0, 0.05) is 4.47 Å². The number of hydrogen-bond donors (Lipinski definition) is 0. The Morgan fingerprint density at radius 3 is 2.40 bits per heavy atom. The van der Waals surface area contributed by atoms with Gasteiger partial charge in [-0.25, -0.2) is 0 Å². The molecule has 102 valence electrons. The molecule has 0 atom stereocenters. The Morgan fingerprint density at radius 2 is 1.80 bits per heavy atom. The zero-order valence-electron chi connectivity index (χ0n) is 9.91. The third kappa shape index (κ3) is 3.11. The van der Waals surface area contributed by atoms with Gasteiger partial charge in [0.05, 0.1) is 11.1 Å². The Labute approximate surface area is 121 Å². The summed E-state index contributed by atoms with van der Waals surface area (Å²) in [5.41, 5.74) is -0.470. The van der Waals surface area contributed by atoms with E-state index in [-0.39, 0.29) is 11.5 Å². The molecule has 2 rings (SSSR count). The van der Waals surface area contributed by atoms with Gasteiger partial charge in [-0.1, -0.05) is 12.1 Å². The molecule has 0 saturated carbocycles. The Bertz CT molecular complexity index is 677. The molecule has 20 heavy (non-hydrogen) atoms. The maximum atomic E-state index is 12.8. The molecule has 2 nitrogen and oxygen atoms in total. The molecule has 0 saturated heterocycles. The van der Waals surface area contributed by atoms with E-state index in [2.05, 4.69) is 15.9 Å². The number of nitriles is 1. The fourth-order valence-corrected chi connectivity index (χ4v) is 2.01. The standard InChI is InChI=1S/C14H7BrF3NO/c15-12-7-10(6-5-9(12)8-19)20-13-4-2-1-3-11(13)14(16,17)18/h1-7H. The van der Waals surface area contributed by atoms with Crippen LogP contribution in [0, 0.1) is 11.3 Å². The average Bonchev–Trinajstić information content (AvgIpc) is 2.38. The van der Waals surface area contributed by atoms with Gasteiger partial charge in [-0.15, -0.1) is 0 Å². The first-order valence-electron chi connectivity index (χ1n) is 5.45. The van der Waals surface area contributed by atoms with Gasteiger partial charge in [-0.3, -0.25) is 0 Å². The van der Waals surface area contributed by atoms with E-state index < -0.39 is 11.7 Å². The summed E-state index contributed by atoms with van der Waals surface area (Å²) in [7, 11) is 0. The summed E-state index contributed by atoms with van der Waals surface area (Å²) in [5, 5.41) is 8.78. The average molecular weight is 342 g/mol. The topological polar surface area (TPSA) is 33.0 Å². The van der Waals surface area contributed by atoms with Gasteiger partial charge >= 0.3 is 6.18 Å². The van der Waals surface area contributed by atoms with E-state index in [4.69, 9.17) is 10.00 Å². The van der Waals surface area contributed by atoms with Crippen molar-refractivity contribution in [3.05, 3.63) is 58.1 Å². The van der Waals surface area contributed by atoms with Crippen LogP contribution in [0.3, 0.4) is 0 Å². The van der Waals surface area contributed by atoms with Gasteiger partial charge in [0.25, 0.3) is 0 Å². The van der Waals surface area contributed by atoms with Crippen molar-refractivity contribution in [2.45, 2.75) is 6.18 Å². The lowest BCUT2D eigenvalue weighted by Crippen LogP contribution is -2.06. The second kappa shape index (κ2) is 5.55. The third-order valence-electron chi connectivity index (χ3n) is 2.48. The van der Waals surface area contributed by atoms with Gasteiger partial charge < -0.3 is 4.74 Å². The van der Waals surface area contributed by atoms with E-state index in [9.17, 15) is 13.2 Å². The molecule has 0 aliphatic carbocycles. The largest absolute Gasteiger partial charge is 0.457 e. The van der Waals surface area contributed by atoms with Crippen LogP contribution in [-0.4, -0.2) is 0 Å². The normalized spacial score (nSPS) is 10.9. The van der Waals surface area contributed by atoms with Crippen molar-refractivity contribution in [1.29, 1.82) is 5.26 Å². The first-order chi connectivity index (χ1) is 9.41. The van der Waals surface area contributed by atoms with E-state index in [0.717, 1.165) is 6.07 Å². The Kier molecular flexibility index (Phi) is 4.00. The lowest BCUT2D eigenvalue weighted by Gasteiger charge is -2.13. The smallest absolute Gasteiger partial charge is 0.419 e. The molecular formula is C14H7BrF3NO. The minimum atomic E-state index is -4.49. The van der Waals surface area contributed by atoms with Crippen molar-refractivity contribution >= 4 is 15.9 Å². The summed E-state index contributed by atoms with van der Waals surface area (Å²) in [6, 6.07) is 11.3. The Hall–Kier alpha value is -2.00. The lowest BCUT2D eigenvalue weighted by atomic mass is 10.2. The molecule has 0 bridgehead atoms. The number of ether oxygens (including phenoxy) is 1. The molecule has 0 amide bonds. The number of para-hydroxylation sites is 1. The fraction of sp³-hybridized carbons (Fsp3) is 0.0714. The zero-order valence-corrected chi connectivity index (χ0v) is 11.5. The maximum Gasteiger partial charge on any atom is 0.419 e. The summed E-state index contributed by atoms with van der Waals surface area (Å²) in [6.45, 7) is 0. The predicted octanol–water partition coefficient (Wildman–Crippen LogP) is 5.13. The molecule has 0 aliphatic rings. The Morgan fingerprint density at radius 1 is 1.10 bits per heavy atom. The highest BCUT2D eigenvalue weighted by Crippen LogP contribution is 2.38. The summed E-state index contributed by atoms with van der Waals surface area (Å²) in [4.78, 5) is 0. The quantitative estimate of drug-likeness (QED) is 0.758. The predicted molar refractivity (Wildman–Crippen MR) is 70.4 cm³/mol. The van der Waals surface area contributed by atoms with E-state index in [1.165, 1.54) is 36.4 Å². The summed E-state index contributed by atoms with van der Waals surface area (Å²) >= 11 is 3.15. The lowest BCUT2D eigenvalue weighted by molar-refractivity contribution is -0.138. The van der Waals surface area contributed by atoms with E-state index in [1.807, 2.05) is 6.07 Å². The van der Waals surface area contributed by atoms with Crippen LogP contribution in [0.4, 0.5) is 13.2 Å². The Balaban J connectivity index is 2.36. The number of hydrogen-bond acceptors (Lipinski definition) is 2. The molecule has 0 aromatic heterocycles. The van der Waals surface area contributed by atoms with Gasteiger partial charge in [0.2, 0.25) is 0 Å². The van der Waals surface area contributed by atoms with Crippen molar-refractivity contribution in [3.63, 3.8) is 0 Å². The highest BCUT2D eigenvalue weighted by molar-refractivity contribution is 9.10. The minimum absolute atomic E-state index is 0.215. The first-order valence-corrected chi connectivity index (χ1v) is 6.25. The van der Waals surface area contributed by atoms with E-state index in [0.29, 0.717) is 10.0 Å². The monoisotopic (exact) mass is 341 g/mol. The molecule has 0 heterocycles. The van der Waals surface area contributed by atoms with Crippen LogP contribution in [-0.2, 0) is 6.18 Å². The van der Waals surface area contributed by atoms with Gasteiger partial charge in [0.15, 0.2) is 0 Å². The molecule has 0 aliphatic heterocycles. The molecule has 0 N–H and O–H groups in total. The molecular weight excluding hydrogens is 335 g/mol. The van der Waals surface area contributed by atoms with Crippen LogP contribution in [0.25, 0.3) is 0 Å². The molecule has 0 fully saturated rings. The van der Waals surface area contributed by atoms with Crippen molar-refractivity contribution in [2.75, 3.05) is 0 Å². The number of nitrogens with zero attached hydrogens (tertiary/aromatic N) is 1. The number of alkyl halides is 3. The first kappa shape index (κ1) is 14.4. The van der Waals surface area contributed by atoms with E-state index in [1.54, 1.807) is 0 Å². The fourth-order valence-electron chi connectivity index (χ4n) is 1.57. The zero-order chi connectivity index (χ0) is 14.8. The van der Waals surface area contributed by atoms with Gasteiger partial charge in [-0.05, 0) is 46.3 Å². The van der Waals surface area contributed by atoms with Crippen molar-refractivity contribution in [1.82, 2.24) is 0 Å². The number of benzene rings is 2. The molecule has 0 spiro atoms. The van der Waals surface area contributed by atoms with Crippen LogP contribution in [0.15, 0.2) is 46.9 Å². The maximum absolute atomic E-state index is 12.8. The molecule has 0 unspecified atom stereocenters. The third-order valence-corrected chi connectivity index (χ3v) is 3.14. The SMILES string of the molecule is N#Cc1ccc(Oc2ccccc2C(F)(F)F)cc1Br. The van der Waals surface area contributed by atoms with Gasteiger partial charge in [-0.2, -0.15) is 18.4 Å². The molecule has 0 radical (unpaired) electrons. The van der Waals surface area contributed by atoms with Crippen LogP contribution in [0.1, 0.15) is 11.1 Å². The van der Waals surface area contributed by atoms with Crippen LogP contribution >= 0.6 is 15.9 Å². The highest BCUT2D eigenvalue weighted by atomic mass is 79.9. The molecule has 2 aromatic carbocycles. The second-order valence-electron chi connectivity index (χ2n) is 3.85. The minimum Gasteiger partial charge on any atom is -0.457 e. The summed E-state index contributed by atoms with van der Waals surface area (Å²) in [6.07, 6.45) is -4.49. The van der Waals surface area contributed by atoms with Crippen LogP contribution in [0.5, 0.6) is 11.5 Å². The highest BCUT2D eigenvalue weighted by Gasteiger charge is 2.34.